The first-order valence-electron chi connectivity index (χ1n) is 7.52. The Balaban J connectivity index is 1.83. The van der Waals surface area contributed by atoms with Gasteiger partial charge in [-0.3, -0.25) is 0 Å². The van der Waals surface area contributed by atoms with Crippen LogP contribution in [-0.2, 0) is 0 Å². The molecule has 2 rings (SSSR count). The summed E-state index contributed by atoms with van der Waals surface area (Å²) in [5.41, 5.74) is 1.25. The maximum Gasteiger partial charge on any atom is 0.169 e. The Morgan fingerprint density at radius 3 is 2.33 bits per heavy atom. The highest BCUT2D eigenvalue weighted by Crippen LogP contribution is 2.20. The average Bonchev–Trinajstić information content (AvgIpc) is 2.53. The van der Waals surface area contributed by atoms with E-state index >= 15 is 0 Å². The van der Waals surface area contributed by atoms with E-state index in [9.17, 15) is 0 Å². The van der Waals surface area contributed by atoms with Gasteiger partial charge in [0.15, 0.2) is 5.11 Å². The molecular weight excluding hydrogens is 282 g/mol. The fraction of sp³-hybridized carbons (Fsp3) is 0.562. The molecule has 0 bridgehead atoms. The first-order valence-corrected chi connectivity index (χ1v) is 7.92. The summed E-state index contributed by atoms with van der Waals surface area (Å²) in [4.78, 5) is 4.65. The van der Waals surface area contributed by atoms with Crippen LogP contribution in [0.1, 0.15) is 13.8 Å². The van der Waals surface area contributed by atoms with Crippen LogP contribution in [0.25, 0.3) is 0 Å². The van der Waals surface area contributed by atoms with Crippen molar-refractivity contribution in [3.05, 3.63) is 24.3 Å². The Morgan fingerprint density at radius 1 is 1.19 bits per heavy atom. The summed E-state index contributed by atoms with van der Waals surface area (Å²) >= 11 is 5.46. The van der Waals surface area contributed by atoms with Crippen molar-refractivity contribution in [3.63, 3.8) is 0 Å². The molecule has 0 unspecified atom stereocenters. The van der Waals surface area contributed by atoms with Crippen molar-refractivity contribution >= 4 is 23.0 Å². The van der Waals surface area contributed by atoms with Gasteiger partial charge in [0.25, 0.3) is 0 Å². The van der Waals surface area contributed by atoms with Crippen LogP contribution < -0.4 is 15.0 Å². The smallest absolute Gasteiger partial charge is 0.169 e. The SMILES string of the molecule is COc1ccc(N2CCN(C(=S)NCC(C)C)CC2)cc1. The maximum atomic E-state index is 5.46. The van der Waals surface area contributed by atoms with Gasteiger partial charge >= 0.3 is 0 Å². The predicted octanol–water partition coefficient (Wildman–Crippen LogP) is 2.35. The second-order valence-electron chi connectivity index (χ2n) is 5.75. The van der Waals surface area contributed by atoms with Crippen LogP contribution in [0.15, 0.2) is 24.3 Å². The minimum atomic E-state index is 0.614. The highest BCUT2D eigenvalue weighted by molar-refractivity contribution is 7.80. The molecule has 1 aliphatic heterocycles. The second-order valence-corrected chi connectivity index (χ2v) is 6.14. The molecule has 0 spiro atoms. The van der Waals surface area contributed by atoms with Crippen molar-refractivity contribution in [2.75, 3.05) is 44.7 Å². The molecule has 4 nitrogen and oxygen atoms in total. The molecule has 1 saturated heterocycles. The Labute approximate surface area is 133 Å². The second kappa shape index (κ2) is 7.50. The van der Waals surface area contributed by atoms with E-state index in [4.69, 9.17) is 17.0 Å². The summed E-state index contributed by atoms with van der Waals surface area (Å²) in [5.74, 6) is 1.51. The van der Waals surface area contributed by atoms with Crippen molar-refractivity contribution in [2.24, 2.45) is 5.92 Å². The van der Waals surface area contributed by atoms with Gasteiger partial charge in [0, 0.05) is 38.4 Å². The molecule has 0 aliphatic carbocycles. The number of hydrogen-bond donors (Lipinski definition) is 1. The van der Waals surface area contributed by atoms with Gasteiger partial charge in [0.1, 0.15) is 5.75 Å². The molecule has 1 N–H and O–H groups in total. The number of nitrogens with zero attached hydrogens (tertiary/aromatic N) is 2. The molecule has 5 heteroatoms. The summed E-state index contributed by atoms with van der Waals surface area (Å²) in [6, 6.07) is 8.25. The lowest BCUT2D eigenvalue weighted by Crippen LogP contribution is -2.52. The molecule has 0 saturated carbocycles. The van der Waals surface area contributed by atoms with Crippen LogP contribution in [0, 0.1) is 5.92 Å². The third-order valence-corrected chi connectivity index (χ3v) is 4.07. The van der Waals surface area contributed by atoms with Gasteiger partial charge in [-0.15, -0.1) is 0 Å². The molecule has 1 fully saturated rings. The van der Waals surface area contributed by atoms with Gasteiger partial charge in [0.2, 0.25) is 0 Å². The first-order chi connectivity index (χ1) is 10.1. The van der Waals surface area contributed by atoms with Crippen molar-refractivity contribution in [3.8, 4) is 5.75 Å². The molecule has 0 radical (unpaired) electrons. The lowest BCUT2D eigenvalue weighted by molar-refractivity contribution is 0.377. The van der Waals surface area contributed by atoms with Gasteiger partial charge in [-0.05, 0) is 42.4 Å². The molecule has 0 aromatic heterocycles. The van der Waals surface area contributed by atoms with E-state index in [2.05, 4.69) is 41.1 Å². The number of benzene rings is 1. The molecule has 0 atom stereocenters. The zero-order valence-electron chi connectivity index (χ0n) is 13.1. The summed E-state index contributed by atoms with van der Waals surface area (Å²) in [6.45, 7) is 9.25. The quantitative estimate of drug-likeness (QED) is 0.862. The van der Waals surface area contributed by atoms with Crippen molar-refractivity contribution in [1.82, 2.24) is 10.2 Å². The minimum absolute atomic E-state index is 0.614. The van der Waals surface area contributed by atoms with Gasteiger partial charge < -0.3 is 19.9 Å². The highest BCUT2D eigenvalue weighted by Gasteiger charge is 2.19. The van der Waals surface area contributed by atoms with Gasteiger partial charge in [0.05, 0.1) is 7.11 Å². The molecule has 21 heavy (non-hydrogen) atoms. The molecular formula is C16H25N3OS. The largest absolute Gasteiger partial charge is 0.497 e. The summed E-state index contributed by atoms with van der Waals surface area (Å²) < 4.78 is 5.20. The zero-order valence-corrected chi connectivity index (χ0v) is 13.9. The Morgan fingerprint density at radius 2 is 1.81 bits per heavy atom. The maximum absolute atomic E-state index is 5.46. The molecule has 1 aromatic rings. The lowest BCUT2D eigenvalue weighted by atomic mass is 10.2. The summed E-state index contributed by atoms with van der Waals surface area (Å²) in [6.07, 6.45) is 0. The number of methoxy groups -OCH3 is 1. The Bertz CT molecular complexity index is 453. The molecule has 116 valence electrons. The molecule has 1 heterocycles. The average molecular weight is 307 g/mol. The summed E-state index contributed by atoms with van der Waals surface area (Å²) in [5, 5.41) is 4.23. The van der Waals surface area contributed by atoms with Crippen molar-refractivity contribution < 1.29 is 4.74 Å². The van der Waals surface area contributed by atoms with Crippen LogP contribution in [0.5, 0.6) is 5.75 Å². The van der Waals surface area contributed by atoms with E-state index < -0.39 is 0 Å². The summed E-state index contributed by atoms with van der Waals surface area (Å²) in [7, 11) is 1.69. The van der Waals surface area contributed by atoms with Crippen molar-refractivity contribution in [1.29, 1.82) is 0 Å². The topological polar surface area (TPSA) is 27.7 Å². The Kier molecular flexibility index (Phi) is 5.67. The van der Waals surface area contributed by atoms with E-state index in [0.717, 1.165) is 43.6 Å². The minimum Gasteiger partial charge on any atom is -0.497 e. The fourth-order valence-electron chi connectivity index (χ4n) is 2.36. The molecule has 0 amide bonds. The Hall–Kier alpha value is -1.49. The van der Waals surface area contributed by atoms with Crippen molar-refractivity contribution in [2.45, 2.75) is 13.8 Å². The third-order valence-electron chi connectivity index (χ3n) is 3.67. The van der Waals surface area contributed by atoms with Crippen LogP contribution in [0.3, 0.4) is 0 Å². The normalized spacial score (nSPS) is 15.2. The first kappa shape index (κ1) is 15.9. The van der Waals surface area contributed by atoms with Gasteiger partial charge in [-0.1, -0.05) is 13.8 Å². The van der Waals surface area contributed by atoms with E-state index in [-0.39, 0.29) is 0 Å². The zero-order chi connectivity index (χ0) is 15.2. The number of nitrogens with one attached hydrogen (secondary N) is 1. The van der Waals surface area contributed by atoms with Gasteiger partial charge in [-0.2, -0.15) is 0 Å². The van der Waals surface area contributed by atoms with Gasteiger partial charge in [-0.25, -0.2) is 0 Å². The standard InChI is InChI=1S/C16H25N3OS/c1-13(2)12-17-16(21)19-10-8-18(9-11-19)14-4-6-15(20-3)7-5-14/h4-7,13H,8-12H2,1-3H3,(H,17,21). The highest BCUT2D eigenvalue weighted by atomic mass is 32.1. The molecule has 1 aliphatic rings. The molecule has 1 aromatic carbocycles. The number of hydrogen-bond acceptors (Lipinski definition) is 3. The number of piperazine rings is 1. The fourth-order valence-corrected chi connectivity index (χ4v) is 2.63. The van der Waals surface area contributed by atoms with E-state index in [0.29, 0.717) is 5.92 Å². The number of rotatable bonds is 4. The number of anilines is 1. The van der Waals surface area contributed by atoms with E-state index in [1.54, 1.807) is 7.11 Å². The number of ether oxygens (including phenoxy) is 1. The lowest BCUT2D eigenvalue weighted by Gasteiger charge is -2.37. The van der Waals surface area contributed by atoms with Crippen LogP contribution >= 0.6 is 12.2 Å². The van der Waals surface area contributed by atoms with Crippen LogP contribution in [0.4, 0.5) is 5.69 Å². The third kappa shape index (κ3) is 4.49. The van der Waals surface area contributed by atoms with Crippen LogP contribution in [0.2, 0.25) is 0 Å². The van der Waals surface area contributed by atoms with E-state index in [1.807, 2.05) is 12.1 Å². The van der Waals surface area contributed by atoms with E-state index in [1.165, 1.54) is 5.69 Å². The monoisotopic (exact) mass is 307 g/mol. The predicted molar refractivity (Wildman–Crippen MR) is 92.2 cm³/mol. The number of thiocarbonyl (C=S) groups is 1. The van der Waals surface area contributed by atoms with Crippen LogP contribution in [-0.4, -0.2) is 49.8 Å².